The molecule has 0 atom stereocenters. The van der Waals surface area contributed by atoms with Gasteiger partial charge in [-0.1, -0.05) is 60.0 Å². The number of hydrogen-bond donors (Lipinski definition) is 2. The second-order valence-corrected chi connectivity index (χ2v) is 9.67. The second-order valence-electron chi connectivity index (χ2n) is 9.67. The average molecular weight is 741 g/mol. The van der Waals surface area contributed by atoms with Crippen LogP contribution in [0.15, 0.2) is 141 Å². The fraction of sp³-hybridized carbons (Fsp3) is 0.0625. The molecule has 4 aromatic rings. The first-order valence-corrected chi connectivity index (χ1v) is 14.0. The summed E-state index contributed by atoms with van der Waals surface area (Å²) in [6.07, 6.45) is 0. The van der Waals surface area contributed by atoms with Crippen molar-refractivity contribution in [1.82, 2.24) is 0 Å². The van der Waals surface area contributed by atoms with Crippen molar-refractivity contribution in [2.24, 2.45) is 20.5 Å². The molecule has 4 aromatic carbocycles. The molecule has 0 unspecified atom stereocenters. The van der Waals surface area contributed by atoms with Gasteiger partial charge >= 0.3 is 18.2 Å². The Hall–Kier alpha value is -6.99. The molecule has 0 aliphatic carbocycles. The molecule has 0 saturated carbocycles. The minimum Gasteiger partial charge on any atom is -0.871 e. The summed E-state index contributed by atoms with van der Waals surface area (Å²) in [5.41, 5.74) is -1.58. The van der Waals surface area contributed by atoms with Crippen LogP contribution in [0.3, 0.4) is 0 Å². The van der Waals surface area contributed by atoms with Gasteiger partial charge in [-0.15, -0.1) is 10.2 Å². The Kier molecular flexibility index (Phi) is 15.1. The number of azo groups is 2. The summed E-state index contributed by atoms with van der Waals surface area (Å²) in [6.45, 7) is 2.23. The van der Waals surface area contributed by atoms with Crippen molar-refractivity contribution < 1.29 is 58.1 Å². The molecule has 0 spiro atoms. The van der Waals surface area contributed by atoms with Crippen LogP contribution in [0.5, 0.6) is 11.5 Å². The van der Waals surface area contributed by atoms with E-state index in [1.165, 1.54) is 0 Å². The molecule has 0 amide bonds. The topological polar surface area (TPSA) is 286 Å². The van der Waals surface area contributed by atoms with Crippen molar-refractivity contribution in [3.63, 3.8) is 0 Å². The van der Waals surface area contributed by atoms with E-state index in [9.17, 15) is 50.2 Å². The van der Waals surface area contributed by atoms with Gasteiger partial charge < -0.3 is 31.1 Å². The number of nitro groups is 2. The maximum absolute atomic E-state index is 12.1. The molecule has 262 valence electrons. The van der Waals surface area contributed by atoms with Crippen molar-refractivity contribution in [1.29, 1.82) is 0 Å². The number of Topliss-reactive ketones (excluding diaryl/α,β-unsaturated/α-hetero) is 2. The summed E-state index contributed by atoms with van der Waals surface area (Å²) in [5, 5.41) is 88.0. The molecule has 0 bridgehead atoms. The predicted molar refractivity (Wildman–Crippen MR) is 171 cm³/mol. The minimum absolute atomic E-state index is 0. The molecule has 4 rings (SSSR count). The van der Waals surface area contributed by atoms with E-state index in [1.807, 2.05) is 0 Å². The van der Waals surface area contributed by atoms with Gasteiger partial charge in [-0.2, -0.15) is 10.2 Å². The fourth-order valence-electron chi connectivity index (χ4n) is 3.58. The SMILES string of the molecule is CC(=O)C(N=Nc1cc([N+](=O)[O-])ccc1[O-])=C([O-])Nc1ccccc1.CC(=O)C(N=Nc1cc([N+](=O)[O-])ccc1[O-])=C([O-])Nc1ccccc1.[Co+3].[H+]. The van der Waals surface area contributed by atoms with E-state index in [4.69, 9.17) is 0 Å². The zero-order valence-corrected chi connectivity index (χ0v) is 27.4. The van der Waals surface area contributed by atoms with Crippen LogP contribution >= 0.6 is 0 Å². The minimum atomic E-state index is -0.805. The van der Waals surface area contributed by atoms with Gasteiger partial charge in [0, 0.05) is 49.5 Å². The Balaban J connectivity index is 0.000000501. The summed E-state index contributed by atoms with van der Waals surface area (Å²) < 4.78 is 0. The van der Waals surface area contributed by atoms with Gasteiger partial charge in [-0.25, -0.2) is 0 Å². The van der Waals surface area contributed by atoms with Crippen molar-refractivity contribution in [2.75, 3.05) is 10.6 Å². The van der Waals surface area contributed by atoms with Crippen LogP contribution in [-0.2, 0) is 26.4 Å². The molecule has 0 aliphatic rings. The van der Waals surface area contributed by atoms with E-state index in [0.29, 0.717) is 11.4 Å². The molecule has 51 heavy (non-hydrogen) atoms. The molecule has 0 aliphatic heterocycles. The van der Waals surface area contributed by atoms with E-state index in [2.05, 4.69) is 31.1 Å². The molecule has 19 heteroatoms. The molecule has 2 N–H and O–H groups in total. The predicted octanol–water partition coefficient (Wildman–Crippen LogP) is 4.08. The second kappa shape index (κ2) is 19.1. The number of ketones is 2. The first-order valence-electron chi connectivity index (χ1n) is 14.0. The van der Waals surface area contributed by atoms with Crippen molar-refractivity contribution >= 4 is 45.7 Å². The summed E-state index contributed by atoms with van der Waals surface area (Å²) >= 11 is 0. The summed E-state index contributed by atoms with van der Waals surface area (Å²) in [5.74, 6) is -4.20. The standard InChI is InChI=1S/2C16H14N4O5.Co/c2*1-10(21)15(16(23)17-11-5-3-2-4-6-11)19-18-13-9-12(20(24)25)7-8-14(13)22;/h2*2-9,17,22-23H,1H3;/q;;+3/p-3. The third kappa shape index (κ3) is 12.2. The number of nitrogens with one attached hydrogen (secondary N) is 2. The molecule has 0 fully saturated rings. The zero-order chi connectivity index (χ0) is 36.8. The van der Waals surface area contributed by atoms with E-state index >= 15 is 0 Å². The van der Waals surface area contributed by atoms with Gasteiger partial charge in [-0.05, 0) is 36.0 Å². The summed E-state index contributed by atoms with van der Waals surface area (Å²) in [4.78, 5) is 43.3. The van der Waals surface area contributed by atoms with Gasteiger partial charge in [0.1, 0.15) is 11.4 Å². The van der Waals surface area contributed by atoms with Crippen molar-refractivity contribution in [3.05, 3.63) is 140 Å². The van der Waals surface area contributed by atoms with Crippen LogP contribution in [0.1, 0.15) is 15.3 Å². The van der Waals surface area contributed by atoms with Crippen LogP contribution in [0.25, 0.3) is 0 Å². The Labute approximate surface area is 300 Å². The maximum Gasteiger partial charge on any atom is 3.00 e. The third-order valence-corrected chi connectivity index (χ3v) is 5.98. The average Bonchev–Trinajstić information content (AvgIpc) is 3.07. The number of allylic oxidation sites excluding steroid dienone is 2. The van der Waals surface area contributed by atoms with Crippen molar-refractivity contribution in [2.45, 2.75) is 13.8 Å². The molecular weight excluding hydrogens is 715 g/mol. The quantitative estimate of drug-likeness (QED) is 0.0683. The number of non-ortho nitro benzene ring substituents is 2. The molecule has 0 heterocycles. The number of carbonyl (C=O) groups is 2. The monoisotopic (exact) mass is 740 g/mol. The fourth-order valence-corrected chi connectivity index (χ4v) is 3.58. The zero-order valence-electron chi connectivity index (χ0n) is 27.3. The molecule has 0 saturated heterocycles. The number of anilines is 2. The number of nitrogens with zero attached hydrogens (tertiary/aromatic N) is 6. The van der Waals surface area contributed by atoms with Crippen LogP contribution in [-0.4, -0.2) is 21.4 Å². The van der Waals surface area contributed by atoms with Crippen LogP contribution < -0.4 is 31.1 Å². The Bertz CT molecular complexity index is 1880. The van der Waals surface area contributed by atoms with Gasteiger partial charge in [0.2, 0.25) is 0 Å². The van der Waals surface area contributed by atoms with Crippen molar-refractivity contribution in [3.8, 4) is 11.5 Å². The van der Waals surface area contributed by atoms with Crippen LogP contribution in [0.4, 0.5) is 34.1 Å². The van der Waals surface area contributed by atoms with Gasteiger partial charge in [-0.3, -0.25) is 29.8 Å². The number of rotatable bonds is 12. The van der Waals surface area contributed by atoms with E-state index < -0.39 is 56.1 Å². The van der Waals surface area contributed by atoms with Gasteiger partial charge in [0.15, 0.2) is 11.6 Å². The first-order chi connectivity index (χ1) is 23.8. The largest absolute Gasteiger partial charge is 3.00 e. The molecule has 0 radical (unpaired) electrons. The summed E-state index contributed by atoms with van der Waals surface area (Å²) in [6, 6.07) is 22.5. The number of carbonyl (C=O) groups excluding carboxylic acids is 2. The Morgan fingerprint density at radius 1 is 0.608 bits per heavy atom. The van der Waals surface area contributed by atoms with E-state index in [-0.39, 0.29) is 41.0 Å². The van der Waals surface area contributed by atoms with Crippen LogP contribution in [0, 0.1) is 20.2 Å². The smallest absolute Gasteiger partial charge is 0.871 e. The van der Waals surface area contributed by atoms with Gasteiger partial charge in [0.25, 0.3) is 11.4 Å². The number of nitro benzene ring substituents is 2. The molecular formula is C32H25CoN8O10. The normalized spacial score (nSPS) is 11.6. The maximum atomic E-state index is 12.1. The third-order valence-electron chi connectivity index (χ3n) is 5.98. The first kappa shape index (κ1) is 40.2. The number of para-hydroxylation sites is 2. The summed E-state index contributed by atoms with van der Waals surface area (Å²) in [7, 11) is 0. The Morgan fingerprint density at radius 3 is 1.24 bits per heavy atom. The van der Waals surface area contributed by atoms with E-state index in [0.717, 1.165) is 50.2 Å². The number of hydrogen-bond acceptors (Lipinski definition) is 16. The van der Waals surface area contributed by atoms with E-state index in [1.54, 1.807) is 60.7 Å². The van der Waals surface area contributed by atoms with Gasteiger partial charge in [0.05, 0.1) is 21.2 Å². The molecule has 18 nitrogen and oxygen atoms in total. The number of benzene rings is 4. The Morgan fingerprint density at radius 2 is 0.941 bits per heavy atom. The molecule has 0 aromatic heterocycles. The van der Waals surface area contributed by atoms with Crippen LogP contribution in [0.2, 0.25) is 0 Å².